The monoisotopic (exact) mass is 194 g/mol. The van der Waals surface area contributed by atoms with E-state index in [1.807, 2.05) is 6.07 Å². The number of rotatable bonds is 4. The van der Waals surface area contributed by atoms with Crippen molar-refractivity contribution in [2.45, 2.75) is 12.8 Å². The number of esters is 1. The van der Waals surface area contributed by atoms with Crippen molar-refractivity contribution in [3.63, 3.8) is 0 Å². The van der Waals surface area contributed by atoms with Gasteiger partial charge in [0.1, 0.15) is 5.92 Å². The molecule has 4 heteroatoms. The summed E-state index contributed by atoms with van der Waals surface area (Å²) in [6.07, 6.45) is 1.64. The molecular weight excluding hydrogens is 180 g/mol. The van der Waals surface area contributed by atoms with Gasteiger partial charge in [0.05, 0.1) is 12.3 Å². The van der Waals surface area contributed by atoms with Gasteiger partial charge in [0, 0.05) is 12.7 Å². The Morgan fingerprint density at radius 3 is 2.93 bits per heavy atom. The van der Waals surface area contributed by atoms with Crippen molar-refractivity contribution >= 4 is 5.97 Å². The SMILES string of the molecule is CCOC(=O)C(CN)c1ccccn1. The topological polar surface area (TPSA) is 65.2 Å². The molecule has 1 aromatic heterocycles. The fourth-order valence-corrected chi connectivity index (χ4v) is 1.16. The summed E-state index contributed by atoms with van der Waals surface area (Å²) in [7, 11) is 0. The van der Waals surface area contributed by atoms with Crippen LogP contribution in [0.2, 0.25) is 0 Å². The van der Waals surface area contributed by atoms with E-state index in [9.17, 15) is 4.79 Å². The quantitative estimate of drug-likeness (QED) is 0.716. The zero-order valence-electron chi connectivity index (χ0n) is 8.14. The molecule has 1 rings (SSSR count). The smallest absolute Gasteiger partial charge is 0.316 e. The predicted molar refractivity (Wildman–Crippen MR) is 52.7 cm³/mol. The van der Waals surface area contributed by atoms with Gasteiger partial charge in [0.25, 0.3) is 0 Å². The lowest BCUT2D eigenvalue weighted by Crippen LogP contribution is -2.24. The van der Waals surface area contributed by atoms with Crippen LogP contribution in [0, 0.1) is 0 Å². The van der Waals surface area contributed by atoms with Crippen LogP contribution in [0.25, 0.3) is 0 Å². The molecule has 0 aromatic carbocycles. The van der Waals surface area contributed by atoms with Crippen molar-refractivity contribution in [1.82, 2.24) is 4.98 Å². The van der Waals surface area contributed by atoms with Gasteiger partial charge in [0.2, 0.25) is 0 Å². The van der Waals surface area contributed by atoms with E-state index in [2.05, 4.69) is 4.98 Å². The maximum absolute atomic E-state index is 11.4. The first-order valence-corrected chi connectivity index (χ1v) is 4.57. The Morgan fingerprint density at radius 1 is 1.64 bits per heavy atom. The summed E-state index contributed by atoms with van der Waals surface area (Å²) in [5.74, 6) is -0.759. The fourth-order valence-electron chi connectivity index (χ4n) is 1.16. The van der Waals surface area contributed by atoms with Crippen LogP contribution in [0.3, 0.4) is 0 Å². The summed E-state index contributed by atoms with van der Waals surface area (Å²) < 4.78 is 4.89. The second kappa shape index (κ2) is 5.34. The Hall–Kier alpha value is -1.42. The second-order valence-electron chi connectivity index (χ2n) is 2.79. The van der Waals surface area contributed by atoms with E-state index in [1.54, 1.807) is 25.3 Å². The van der Waals surface area contributed by atoms with Crippen LogP contribution in [-0.4, -0.2) is 24.1 Å². The van der Waals surface area contributed by atoms with E-state index in [1.165, 1.54) is 0 Å². The molecule has 1 unspecified atom stereocenters. The lowest BCUT2D eigenvalue weighted by molar-refractivity contribution is -0.144. The highest BCUT2D eigenvalue weighted by Crippen LogP contribution is 2.12. The maximum Gasteiger partial charge on any atom is 0.316 e. The number of nitrogens with zero attached hydrogens (tertiary/aromatic N) is 1. The highest BCUT2D eigenvalue weighted by molar-refractivity contribution is 5.77. The van der Waals surface area contributed by atoms with E-state index in [-0.39, 0.29) is 12.5 Å². The van der Waals surface area contributed by atoms with Crippen LogP contribution in [-0.2, 0) is 9.53 Å². The van der Waals surface area contributed by atoms with Crippen molar-refractivity contribution in [3.8, 4) is 0 Å². The van der Waals surface area contributed by atoms with Gasteiger partial charge in [-0.3, -0.25) is 9.78 Å². The zero-order chi connectivity index (χ0) is 10.4. The number of aromatic nitrogens is 1. The van der Waals surface area contributed by atoms with E-state index < -0.39 is 5.92 Å². The van der Waals surface area contributed by atoms with Crippen LogP contribution < -0.4 is 5.73 Å². The average molecular weight is 194 g/mol. The Bertz CT molecular complexity index is 287. The molecule has 1 heterocycles. The minimum Gasteiger partial charge on any atom is -0.465 e. The third-order valence-electron chi connectivity index (χ3n) is 1.85. The zero-order valence-corrected chi connectivity index (χ0v) is 8.14. The summed E-state index contributed by atoms with van der Waals surface area (Å²) >= 11 is 0. The number of carbonyl (C=O) groups is 1. The Morgan fingerprint density at radius 2 is 2.43 bits per heavy atom. The number of carbonyl (C=O) groups excluding carboxylic acids is 1. The van der Waals surface area contributed by atoms with E-state index in [0.29, 0.717) is 12.3 Å². The summed E-state index contributed by atoms with van der Waals surface area (Å²) in [5.41, 5.74) is 6.16. The average Bonchev–Trinajstić information content (AvgIpc) is 2.21. The number of pyridine rings is 1. The third-order valence-corrected chi connectivity index (χ3v) is 1.85. The van der Waals surface area contributed by atoms with Crippen molar-refractivity contribution < 1.29 is 9.53 Å². The largest absolute Gasteiger partial charge is 0.465 e. The van der Waals surface area contributed by atoms with Gasteiger partial charge >= 0.3 is 5.97 Å². The molecule has 0 aliphatic rings. The molecule has 0 spiro atoms. The minimum atomic E-state index is -0.448. The van der Waals surface area contributed by atoms with Crippen LogP contribution in [0.1, 0.15) is 18.5 Å². The lowest BCUT2D eigenvalue weighted by atomic mass is 10.1. The Kier molecular flexibility index (Phi) is 4.07. The molecule has 0 saturated carbocycles. The first-order chi connectivity index (χ1) is 6.79. The summed E-state index contributed by atoms with van der Waals surface area (Å²) in [5, 5.41) is 0. The van der Waals surface area contributed by atoms with Gasteiger partial charge in [-0.1, -0.05) is 6.07 Å². The molecule has 0 bridgehead atoms. The standard InChI is InChI=1S/C10H14N2O2/c1-2-14-10(13)8(7-11)9-5-3-4-6-12-9/h3-6,8H,2,7,11H2,1H3. The molecule has 0 aliphatic heterocycles. The van der Waals surface area contributed by atoms with Crippen molar-refractivity contribution in [3.05, 3.63) is 30.1 Å². The van der Waals surface area contributed by atoms with Crippen LogP contribution >= 0.6 is 0 Å². The molecule has 0 fully saturated rings. The van der Waals surface area contributed by atoms with Crippen molar-refractivity contribution in [2.75, 3.05) is 13.2 Å². The summed E-state index contributed by atoms with van der Waals surface area (Å²) in [6.45, 7) is 2.35. The second-order valence-corrected chi connectivity index (χ2v) is 2.79. The molecule has 0 amide bonds. The van der Waals surface area contributed by atoms with Crippen molar-refractivity contribution in [2.24, 2.45) is 5.73 Å². The predicted octanol–water partition coefficient (Wildman–Crippen LogP) is 0.687. The van der Waals surface area contributed by atoms with Crippen LogP contribution in [0.4, 0.5) is 0 Å². The molecule has 0 saturated heterocycles. The summed E-state index contributed by atoms with van der Waals surface area (Å²) in [4.78, 5) is 15.5. The maximum atomic E-state index is 11.4. The highest BCUT2D eigenvalue weighted by Gasteiger charge is 2.20. The van der Waals surface area contributed by atoms with Crippen LogP contribution in [0.5, 0.6) is 0 Å². The van der Waals surface area contributed by atoms with Gasteiger partial charge in [-0.25, -0.2) is 0 Å². The molecule has 4 nitrogen and oxygen atoms in total. The number of nitrogens with two attached hydrogens (primary N) is 1. The molecular formula is C10H14N2O2. The fraction of sp³-hybridized carbons (Fsp3) is 0.400. The normalized spacial score (nSPS) is 12.1. The molecule has 0 radical (unpaired) electrons. The van der Waals surface area contributed by atoms with Gasteiger partial charge < -0.3 is 10.5 Å². The van der Waals surface area contributed by atoms with E-state index >= 15 is 0 Å². The van der Waals surface area contributed by atoms with Gasteiger partial charge in [0.15, 0.2) is 0 Å². The minimum absolute atomic E-state index is 0.218. The van der Waals surface area contributed by atoms with E-state index in [0.717, 1.165) is 0 Å². The molecule has 1 atom stereocenters. The van der Waals surface area contributed by atoms with Gasteiger partial charge in [-0.05, 0) is 19.1 Å². The van der Waals surface area contributed by atoms with Gasteiger partial charge in [-0.2, -0.15) is 0 Å². The number of ether oxygens (including phenoxy) is 1. The number of hydrogen-bond acceptors (Lipinski definition) is 4. The Labute approximate surface area is 83.1 Å². The third kappa shape index (κ3) is 2.53. The molecule has 1 aromatic rings. The van der Waals surface area contributed by atoms with Gasteiger partial charge in [-0.15, -0.1) is 0 Å². The van der Waals surface area contributed by atoms with E-state index in [4.69, 9.17) is 10.5 Å². The van der Waals surface area contributed by atoms with Crippen LogP contribution in [0.15, 0.2) is 24.4 Å². The highest BCUT2D eigenvalue weighted by atomic mass is 16.5. The molecule has 14 heavy (non-hydrogen) atoms. The number of hydrogen-bond donors (Lipinski definition) is 1. The first kappa shape index (κ1) is 10.7. The first-order valence-electron chi connectivity index (χ1n) is 4.57. The molecule has 76 valence electrons. The molecule has 2 N–H and O–H groups in total. The lowest BCUT2D eigenvalue weighted by Gasteiger charge is -2.12. The van der Waals surface area contributed by atoms with Crippen molar-refractivity contribution in [1.29, 1.82) is 0 Å². The summed E-state index contributed by atoms with van der Waals surface area (Å²) in [6, 6.07) is 5.39. The Balaban J connectivity index is 2.77. The molecule has 0 aliphatic carbocycles.